The second kappa shape index (κ2) is 38.7. The second-order valence-corrected chi connectivity index (χ2v) is 44.3. The molecule has 5 N–H and O–H groups in total. The molecule has 0 spiro atoms. The average molecular weight is 2030 g/mol. The number of amides is 6. The molecule has 716 valence electrons. The van der Waals surface area contributed by atoms with Crippen LogP contribution in [0.4, 0.5) is 26.0 Å². The van der Waals surface area contributed by atoms with E-state index in [-0.39, 0.29) is 47.9 Å². The fraction of sp³-hybridized carbons (Fsp3) is 0.359. The molecule has 0 saturated carbocycles. The van der Waals surface area contributed by atoms with Crippen LogP contribution in [0.5, 0.6) is 0 Å². The van der Waals surface area contributed by atoms with Crippen molar-refractivity contribution in [2.75, 3.05) is 42.6 Å². The Bertz CT molecular complexity index is 7270. The van der Waals surface area contributed by atoms with Crippen molar-refractivity contribution in [1.82, 2.24) is 65.6 Å². The van der Waals surface area contributed by atoms with Crippen LogP contribution < -0.4 is 31.1 Å². The molecule has 18 rings (SSSR count). The first-order valence-corrected chi connectivity index (χ1v) is 49.2. The van der Waals surface area contributed by atoms with E-state index in [1.165, 1.54) is 11.3 Å². The van der Waals surface area contributed by atoms with Gasteiger partial charge in [0.05, 0.1) is 107 Å². The number of carboxylic acids is 1. The summed E-state index contributed by atoms with van der Waals surface area (Å²) in [4.78, 5) is 94.2. The van der Waals surface area contributed by atoms with Crippen molar-refractivity contribution in [3.8, 4) is 65.1 Å². The molecule has 34 heteroatoms. The molecule has 6 amide bonds. The topological polar surface area (TPSA) is 316 Å². The van der Waals surface area contributed by atoms with Crippen LogP contribution in [-0.4, -0.2) is 152 Å². The van der Waals surface area contributed by atoms with E-state index in [4.69, 9.17) is 83.6 Å². The summed E-state index contributed by atoms with van der Waals surface area (Å²) in [6.45, 7) is 40.7. The molecule has 15 aromatic rings. The largest absolute Gasteiger partial charge is 0.479 e. The van der Waals surface area contributed by atoms with Crippen LogP contribution >= 0.6 is 84.7 Å². The Morgan fingerprint density at radius 3 is 1.04 bits per heavy atom. The molecule has 3 aliphatic rings. The molecule has 27 nitrogen and oxygen atoms in total. The number of halogens is 4. The predicted octanol–water partition coefficient (Wildman–Crippen LogP) is 24.7. The lowest BCUT2D eigenvalue weighted by molar-refractivity contribution is -0.167. The number of aliphatic carboxylic acids is 1. The van der Waals surface area contributed by atoms with E-state index >= 15 is 0 Å². The lowest BCUT2D eigenvalue weighted by Gasteiger charge is -2.29. The minimum atomic E-state index is -1.19. The Kier molecular flexibility index (Phi) is 28.2. The Morgan fingerprint density at radius 1 is 0.445 bits per heavy atom. The number of thiazole rings is 3. The van der Waals surface area contributed by atoms with Gasteiger partial charge in [-0.2, -0.15) is 15.3 Å². The smallest absolute Gasteiger partial charge is 0.339 e. The van der Waals surface area contributed by atoms with Gasteiger partial charge in [0.2, 0.25) is 0 Å². The molecule has 3 fully saturated rings. The molecule has 3 saturated heterocycles. The van der Waals surface area contributed by atoms with Gasteiger partial charge in [0.15, 0.2) is 29.9 Å². The van der Waals surface area contributed by atoms with Crippen molar-refractivity contribution >= 4 is 196 Å². The van der Waals surface area contributed by atoms with E-state index < -0.39 is 53.0 Å². The number of anilines is 2. The number of aryl methyl sites for hydroxylation is 6. The van der Waals surface area contributed by atoms with Gasteiger partial charge in [-0.3, -0.25) is 23.8 Å². The number of esters is 2. The zero-order valence-electron chi connectivity index (χ0n) is 80.7. The second-order valence-electron chi connectivity index (χ2n) is 39.2. The summed E-state index contributed by atoms with van der Waals surface area (Å²) in [5.74, 6) is -0.714. The van der Waals surface area contributed by atoms with Crippen molar-refractivity contribution in [1.29, 1.82) is 0 Å². The molecule has 9 heterocycles. The summed E-state index contributed by atoms with van der Waals surface area (Å²) < 4.78 is 38.9. The highest BCUT2D eigenvalue weighted by atomic mass is 79.9. The average Bonchev–Trinajstić information content (AvgIpc) is 1.63. The third-order valence-corrected chi connectivity index (χ3v) is 27.7. The van der Waals surface area contributed by atoms with Crippen LogP contribution in [-0.2, 0) is 59.2 Å². The predicted molar refractivity (Wildman–Crippen MR) is 553 cm³/mol. The van der Waals surface area contributed by atoms with Gasteiger partial charge in [-0.15, -0.1) is 34.0 Å². The summed E-state index contributed by atoms with van der Waals surface area (Å²) >= 11 is 27.0. The van der Waals surface area contributed by atoms with Crippen LogP contribution in [0.3, 0.4) is 0 Å². The van der Waals surface area contributed by atoms with Crippen molar-refractivity contribution in [3.63, 3.8) is 0 Å². The quantitative estimate of drug-likeness (QED) is 0.0470. The fourth-order valence-corrected chi connectivity index (χ4v) is 21.5. The van der Waals surface area contributed by atoms with Crippen molar-refractivity contribution in [3.05, 3.63) is 199 Å². The van der Waals surface area contributed by atoms with Crippen LogP contribution in [0, 0.1) is 20.8 Å². The van der Waals surface area contributed by atoms with Crippen molar-refractivity contribution < 1.29 is 57.6 Å². The number of carbonyl (C=O) groups excluding carboxylic acids is 5. The van der Waals surface area contributed by atoms with Gasteiger partial charge in [0, 0.05) is 109 Å². The number of hydrogen-bond acceptors (Lipinski definition) is 20. The Morgan fingerprint density at radius 2 is 0.752 bits per heavy atom. The third-order valence-electron chi connectivity index (χ3n) is 23.0. The van der Waals surface area contributed by atoms with Gasteiger partial charge in [0.25, 0.3) is 0 Å². The molecule has 137 heavy (non-hydrogen) atoms. The lowest BCUT2D eigenvalue weighted by Crippen LogP contribution is -2.36. The van der Waals surface area contributed by atoms with Gasteiger partial charge in [-0.05, 0) is 297 Å². The molecular weight excluding hydrogens is 1920 g/mol. The van der Waals surface area contributed by atoms with Gasteiger partial charge in [0.1, 0.15) is 19.6 Å². The summed E-state index contributed by atoms with van der Waals surface area (Å²) in [5, 5.41) is 42.7. The summed E-state index contributed by atoms with van der Waals surface area (Å²) in [7, 11) is 5.67. The normalized spacial score (nSPS) is 15.3. The molecular formula is C103H111BrCl3N15O12S3. The zero-order chi connectivity index (χ0) is 99.1. The minimum absolute atomic E-state index is 0.0446. The highest BCUT2D eigenvalue weighted by Crippen LogP contribution is 2.51. The number of nitrogens with zero attached hydrogens (tertiary/aromatic N) is 11. The van der Waals surface area contributed by atoms with E-state index in [0.717, 1.165) is 167 Å². The van der Waals surface area contributed by atoms with Crippen LogP contribution in [0.15, 0.2) is 150 Å². The number of ether oxygens (including phenoxy) is 5. The summed E-state index contributed by atoms with van der Waals surface area (Å²) in [6.07, 6.45) is -3.06. The third kappa shape index (κ3) is 21.7. The highest BCUT2D eigenvalue weighted by molar-refractivity contribution is 9.10. The fourth-order valence-electron chi connectivity index (χ4n) is 17.2. The van der Waals surface area contributed by atoms with E-state index in [9.17, 15) is 33.9 Å². The number of carbonyl (C=O) groups is 6. The van der Waals surface area contributed by atoms with E-state index in [1.807, 2.05) is 266 Å². The van der Waals surface area contributed by atoms with Crippen molar-refractivity contribution in [2.24, 2.45) is 21.1 Å². The van der Waals surface area contributed by atoms with Crippen LogP contribution in [0.2, 0.25) is 15.1 Å². The number of urea groups is 3. The van der Waals surface area contributed by atoms with E-state index in [0.29, 0.717) is 45.4 Å². The molecule has 9 aromatic carbocycles. The molecule has 6 aromatic heterocycles. The first-order valence-electron chi connectivity index (χ1n) is 44.9. The number of fused-ring (bicyclic) bond motifs is 6. The SMILES string of the molecule is CC1(C)CNC(=O)N1.CCOC(=O)[C@@H](OC(C)(C)C)c1c(C)cc2nc(-c3ccc4c(c3)c(Br)nn4C)sc2c1-c1ccc(Cl)cc1.CCOC(=O)[C@@H](OC(C)(C)C)c1c(C)cc2nc(-c3ccc4c(c3)c(N3CC(C)(C)NC3=O)nn4C)sc2c1-c1ccc(Cl)cc1.Cc1cc2nc(-c3ccc4c(c3)c(N3CC(C)(C)NC3=O)nn4C)sc2c(-c2ccc(Cl)cc2)c1[C@H](OC(C)(C)C)C(=O)O. The number of benzene rings is 9. The number of nitrogens with one attached hydrogen (secondary N) is 4. The van der Waals surface area contributed by atoms with Gasteiger partial charge >= 0.3 is 36.0 Å². The molecule has 0 unspecified atom stereocenters. The van der Waals surface area contributed by atoms with Gasteiger partial charge in [-0.1, -0.05) is 71.2 Å². The van der Waals surface area contributed by atoms with Gasteiger partial charge < -0.3 is 50.1 Å². The number of rotatable bonds is 19. The van der Waals surface area contributed by atoms with Gasteiger partial charge in [-0.25, -0.2) is 43.7 Å². The first kappa shape index (κ1) is 100.0. The maximum atomic E-state index is 13.5. The maximum absolute atomic E-state index is 13.5. The molecule has 3 atom stereocenters. The van der Waals surface area contributed by atoms with Crippen LogP contribution in [0.25, 0.3) is 128 Å². The molecule has 0 bridgehead atoms. The maximum Gasteiger partial charge on any atom is 0.339 e. The van der Waals surface area contributed by atoms with Crippen LogP contribution in [0.1, 0.15) is 169 Å². The Balaban J connectivity index is 0.000000150. The monoisotopic (exact) mass is 2030 g/mol. The van der Waals surface area contributed by atoms with E-state index in [1.54, 1.807) is 67.8 Å². The van der Waals surface area contributed by atoms with Crippen molar-refractivity contribution in [2.45, 2.75) is 190 Å². The standard InChI is InChI=1S/C35H38ClN5O4S.C33H34ClN5O4S.C30H29BrClN3O3S.C5H10N2O/c1-9-44-32(42)28(45-34(3,4)5)26-19(2)16-24-29(27(26)20-10-13-22(36)14-11-20)46-31(37-24)21-12-15-25-23(17-21)30(39-40(25)8)41-18-35(6,7)38-33(41)43;1-17-14-22-27(25(18-8-11-20(34)12-9-18)24(17)26(30(40)41)43-32(2,3)4)44-29(35-22)19-10-13-23-21(15-19)28(37-38(23)7)39-16-33(5,6)36-31(39)42;1-7-37-29(36)25(38-30(3,4)5)23-16(2)14-21-26(24(23)17-8-11-19(32)12-9-17)39-28(33-21)18-10-13-22-20(15-18)27(31)34-35(22)6;1-5(2)3-6-4(8)7-5/h10-17,28H,9,18H2,1-8H3,(H,38,43);8-15,26H,16H2,1-7H3,(H,36,42)(H,40,41);8-15,25H,7H2,1-6H3;3H2,1-2H3,(H2,6,7,8)/t28-;26-;25-;/m000./s1. The molecule has 0 radical (unpaired) electrons. The molecule has 3 aliphatic heterocycles. The Hall–Kier alpha value is -11.5. The first-order chi connectivity index (χ1) is 64.3. The minimum Gasteiger partial charge on any atom is -0.479 e. The number of carboxylic acid groups (broad SMARTS) is 1. The number of aromatic nitrogens is 9. The molecule has 0 aliphatic carbocycles. The lowest BCUT2D eigenvalue weighted by atomic mass is 9.91. The highest BCUT2D eigenvalue weighted by Gasteiger charge is 2.42. The van der Waals surface area contributed by atoms with E-state index in [2.05, 4.69) is 60.5 Å². The summed E-state index contributed by atoms with van der Waals surface area (Å²) in [6, 6.07) is 46.5. The Labute approximate surface area is 830 Å². The summed E-state index contributed by atoms with van der Waals surface area (Å²) in [5.41, 5.74) is 15.1. The zero-order valence-corrected chi connectivity index (χ0v) is 87.0. The number of hydrogen-bond donors (Lipinski definition) is 5.